The molecule has 22 heavy (non-hydrogen) atoms. The number of halogens is 4. The van der Waals surface area contributed by atoms with Gasteiger partial charge in [0.25, 0.3) is 0 Å². The van der Waals surface area contributed by atoms with E-state index in [0.29, 0.717) is 26.7 Å². The molecular weight excluding hydrogens is 337 g/mol. The van der Waals surface area contributed by atoms with Crippen LogP contribution in [0.5, 0.6) is 0 Å². The first-order chi connectivity index (χ1) is 10.3. The van der Waals surface area contributed by atoms with Crippen molar-refractivity contribution in [3.8, 4) is 0 Å². The van der Waals surface area contributed by atoms with Gasteiger partial charge in [-0.05, 0) is 42.0 Å². The summed E-state index contributed by atoms with van der Waals surface area (Å²) in [5, 5.41) is 9.75. The molecule has 0 bridgehead atoms. The van der Waals surface area contributed by atoms with Crippen LogP contribution in [0.25, 0.3) is 0 Å². The number of aldehydes is 1. The number of benzene rings is 2. The Balaban J connectivity index is 2.40. The summed E-state index contributed by atoms with van der Waals surface area (Å²) in [4.78, 5) is 12.0. The van der Waals surface area contributed by atoms with E-state index in [1.165, 1.54) is 6.07 Å². The second-order valence-electron chi connectivity index (χ2n) is 4.38. The molecule has 0 amide bonds. The molecule has 0 saturated carbocycles. The molecule has 1 N–H and O–H groups in total. The lowest BCUT2D eigenvalue weighted by atomic mass is 10.1. The molecule has 0 radical (unpaired) electrons. The number of aliphatic hydroxyl groups excluding tert-OH is 1. The number of alkyl halides is 3. The molecule has 0 aliphatic rings. The van der Waals surface area contributed by atoms with Gasteiger partial charge in [-0.2, -0.15) is 13.2 Å². The quantitative estimate of drug-likeness (QED) is 0.807. The number of hydrogen-bond acceptors (Lipinski definition) is 3. The lowest BCUT2D eigenvalue weighted by Gasteiger charge is -2.12. The molecule has 0 spiro atoms. The molecule has 116 valence electrons. The third-order valence-corrected chi connectivity index (χ3v) is 4.32. The molecule has 0 aliphatic heterocycles. The molecular formula is C15H10ClF3O2S. The van der Waals surface area contributed by atoms with Gasteiger partial charge in [-0.25, -0.2) is 0 Å². The zero-order valence-electron chi connectivity index (χ0n) is 11.0. The highest BCUT2D eigenvalue weighted by molar-refractivity contribution is 7.99. The van der Waals surface area contributed by atoms with Crippen molar-refractivity contribution >= 4 is 29.6 Å². The molecule has 0 aliphatic carbocycles. The van der Waals surface area contributed by atoms with Crippen LogP contribution in [0, 0.1) is 0 Å². The lowest BCUT2D eigenvalue weighted by molar-refractivity contribution is -0.137. The van der Waals surface area contributed by atoms with E-state index < -0.39 is 11.7 Å². The maximum atomic E-state index is 12.7. The van der Waals surface area contributed by atoms with Crippen LogP contribution < -0.4 is 0 Å². The smallest absolute Gasteiger partial charge is 0.392 e. The SMILES string of the molecule is O=Cc1cc(C(F)(F)F)ccc1Sc1ccc(Cl)cc1CO. The van der Waals surface area contributed by atoms with Gasteiger partial charge in [0.2, 0.25) is 0 Å². The van der Waals surface area contributed by atoms with Gasteiger partial charge >= 0.3 is 6.18 Å². The van der Waals surface area contributed by atoms with E-state index in [0.717, 1.165) is 23.9 Å². The zero-order valence-corrected chi connectivity index (χ0v) is 12.6. The number of aliphatic hydroxyl groups is 1. The van der Waals surface area contributed by atoms with Crippen molar-refractivity contribution in [1.29, 1.82) is 0 Å². The third-order valence-electron chi connectivity index (χ3n) is 2.88. The summed E-state index contributed by atoms with van der Waals surface area (Å²) in [6, 6.07) is 7.79. The maximum Gasteiger partial charge on any atom is 0.416 e. The summed E-state index contributed by atoms with van der Waals surface area (Å²) in [5.41, 5.74) is -0.398. The van der Waals surface area contributed by atoms with Crippen molar-refractivity contribution < 1.29 is 23.1 Å². The molecule has 0 fully saturated rings. The topological polar surface area (TPSA) is 37.3 Å². The Morgan fingerprint density at radius 1 is 1.14 bits per heavy atom. The van der Waals surface area contributed by atoms with Crippen LogP contribution in [-0.2, 0) is 12.8 Å². The average molecular weight is 347 g/mol. The fraction of sp³-hybridized carbons (Fsp3) is 0.133. The van der Waals surface area contributed by atoms with Gasteiger partial charge < -0.3 is 5.11 Å². The molecule has 7 heteroatoms. The van der Waals surface area contributed by atoms with E-state index in [1.807, 2.05) is 0 Å². The van der Waals surface area contributed by atoms with Gasteiger partial charge in [0.1, 0.15) is 0 Å². The van der Waals surface area contributed by atoms with Crippen molar-refractivity contribution in [2.75, 3.05) is 0 Å². The van der Waals surface area contributed by atoms with Gasteiger partial charge in [0.05, 0.1) is 12.2 Å². The Hall–Kier alpha value is -1.50. The van der Waals surface area contributed by atoms with Gasteiger partial charge in [-0.3, -0.25) is 4.79 Å². The van der Waals surface area contributed by atoms with Crippen LogP contribution in [0.4, 0.5) is 13.2 Å². The molecule has 0 unspecified atom stereocenters. The first kappa shape index (κ1) is 16.9. The average Bonchev–Trinajstić information content (AvgIpc) is 2.48. The molecule has 0 atom stereocenters. The zero-order chi connectivity index (χ0) is 16.3. The van der Waals surface area contributed by atoms with Crippen LogP contribution in [-0.4, -0.2) is 11.4 Å². The molecule has 2 aromatic carbocycles. The molecule has 0 saturated heterocycles. The minimum absolute atomic E-state index is 0.0568. The van der Waals surface area contributed by atoms with E-state index in [1.54, 1.807) is 18.2 Å². The highest BCUT2D eigenvalue weighted by Crippen LogP contribution is 2.37. The van der Waals surface area contributed by atoms with Crippen LogP contribution in [0.3, 0.4) is 0 Å². The van der Waals surface area contributed by atoms with Crippen molar-refractivity contribution in [1.82, 2.24) is 0 Å². The van der Waals surface area contributed by atoms with Crippen molar-refractivity contribution in [3.05, 3.63) is 58.1 Å². The molecule has 0 heterocycles. The van der Waals surface area contributed by atoms with E-state index >= 15 is 0 Å². The summed E-state index contributed by atoms with van der Waals surface area (Å²) in [6.07, 6.45) is -4.12. The number of carbonyl (C=O) groups excluding carboxylic acids is 1. The first-order valence-corrected chi connectivity index (χ1v) is 7.28. The van der Waals surface area contributed by atoms with Crippen LogP contribution in [0.1, 0.15) is 21.5 Å². The Kier molecular flexibility index (Phi) is 5.16. The number of rotatable bonds is 4. The molecule has 2 rings (SSSR count). The van der Waals surface area contributed by atoms with Gasteiger partial charge in [-0.15, -0.1) is 0 Å². The Bertz CT molecular complexity index is 702. The summed E-state index contributed by atoms with van der Waals surface area (Å²) in [5.74, 6) is 0. The summed E-state index contributed by atoms with van der Waals surface area (Å²) in [7, 11) is 0. The van der Waals surface area contributed by atoms with Gasteiger partial charge in [0.15, 0.2) is 6.29 Å². The predicted molar refractivity (Wildman–Crippen MR) is 78.3 cm³/mol. The van der Waals surface area contributed by atoms with Crippen molar-refractivity contribution in [3.63, 3.8) is 0 Å². The predicted octanol–water partition coefficient (Wildman–Crippen LogP) is 4.81. The highest BCUT2D eigenvalue weighted by atomic mass is 35.5. The minimum atomic E-state index is -4.50. The molecule has 2 aromatic rings. The monoisotopic (exact) mass is 346 g/mol. The second-order valence-corrected chi connectivity index (χ2v) is 5.90. The fourth-order valence-electron chi connectivity index (χ4n) is 1.80. The normalized spacial score (nSPS) is 11.5. The van der Waals surface area contributed by atoms with Crippen LogP contribution in [0.2, 0.25) is 5.02 Å². The summed E-state index contributed by atoms with van der Waals surface area (Å²) < 4.78 is 38.0. The second kappa shape index (κ2) is 6.73. The highest BCUT2D eigenvalue weighted by Gasteiger charge is 2.31. The van der Waals surface area contributed by atoms with E-state index in [2.05, 4.69) is 0 Å². The van der Waals surface area contributed by atoms with E-state index in [9.17, 15) is 23.1 Å². The fourth-order valence-corrected chi connectivity index (χ4v) is 2.98. The maximum absolute atomic E-state index is 12.7. The van der Waals surface area contributed by atoms with Crippen LogP contribution >= 0.6 is 23.4 Å². The minimum Gasteiger partial charge on any atom is -0.392 e. The van der Waals surface area contributed by atoms with Crippen molar-refractivity contribution in [2.24, 2.45) is 0 Å². The Morgan fingerprint density at radius 2 is 1.82 bits per heavy atom. The summed E-state index contributed by atoms with van der Waals surface area (Å²) >= 11 is 6.93. The van der Waals surface area contributed by atoms with Crippen LogP contribution in [0.15, 0.2) is 46.2 Å². The molecule has 0 aromatic heterocycles. The Labute approximate surface area is 133 Å². The lowest BCUT2D eigenvalue weighted by Crippen LogP contribution is -2.05. The summed E-state index contributed by atoms with van der Waals surface area (Å²) in [6.45, 7) is -0.264. The number of hydrogen-bond donors (Lipinski definition) is 1. The van der Waals surface area contributed by atoms with Gasteiger partial charge in [0, 0.05) is 20.4 Å². The first-order valence-electron chi connectivity index (χ1n) is 6.08. The number of carbonyl (C=O) groups is 1. The van der Waals surface area contributed by atoms with E-state index in [4.69, 9.17) is 11.6 Å². The largest absolute Gasteiger partial charge is 0.416 e. The standard InChI is InChI=1S/C15H10ClF3O2S/c16-12-2-4-14(10(6-12)8-21)22-13-3-1-11(15(17,18)19)5-9(13)7-20/h1-7,21H,8H2. The third kappa shape index (κ3) is 3.82. The van der Waals surface area contributed by atoms with E-state index in [-0.39, 0.29) is 12.2 Å². The Morgan fingerprint density at radius 3 is 2.41 bits per heavy atom. The van der Waals surface area contributed by atoms with Gasteiger partial charge in [-0.1, -0.05) is 23.4 Å². The van der Waals surface area contributed by atoms with Crippen molar-refractivity contribution in [2.45, 2.75) is 22.6 Å². The molecule has 2 nitrogen and oxygen atoms in total.